The number of ether oxygens (including phenoxy) is 1. The first-order chi connectivity index (χ1) is 8.76. The van der Waals surface area contributed by atoms with Gasteiger partial charge >= 0.3 is 0 Å². The van der Waals surface area contributed by atoms with E-state index in [0.29, 0.717) is 5.19 Å². The zero-order valence-corrected chi connectivity index (χ0v) is 12.6. The Labute approximate surface area is 114 Å². The van der Waals surface area contributed by atoms with E-state index >= 15 is 0 Å². The second kappa shape index (κ2) is 9.28. The summed E-state index contributed by atoms with van der Waals surface area (Å²) in [7, 11) is 0. The molecule has 1 aromatic heterocycles. The van der Waals surface area contributed by atoms with Crippen LogP contribution in [0.1, 0.15) is 57.9 Å². The number of nitrogens with zero attached hydrogens (tertiary/aromatic N) is 2. The summed E-state index contributed by atoms with van der Waals surface area (Å²) in [5.74, 6) is 0. The second-order valence-corrected chi connectivity index (χ2v) is 5.54. The Bertz CT molecular complexity index is 317. The minimum absolute atomic E-state index is 0.238. The molecule has 1 aromatic rings. The first-order valence-electron chi connectivity index (χ1n) is 6.96. The molecule has 5 heteroatoms. The van der Waals surface area contributed by atoms with Crippen LogP contribution in [0.5, 0.6) is 5.19 Å². The van der Waals surface area contributed by atoms with E-state index in [-0.39, 0.29) is 6.10 Å². The molecule has 104 valence electrons. The summed E-state index contributed by atoms with van der Waals surface area (Å²) in [6, 6.07) is 0. The van der Waals surface area contributed by atoms with Gasteiger partial charge < -0.3 is 10.1 Å². The van der Waals surface area contributed by atoms with Crippen molar-refractivity contribution in [3.63, 3.8) is 0 Å². The summed E-state index contributed by atoms with van der Waals surface area (Å²) >= 11 is 1.54. The smallest absolute Gasteiger partial charge is 0.294 e. The third-order valence-electron chi connectivity index (χ3n) is 2.74. The molecule has 0 bridgehead atoms. The first kappa shape index (κ1) is 15.4. The number of rotatable bonds is 10. The molecule has 0 saturated heterocycles. The first-order valence-corrected chi connectivity index (χ1v) is 7.77. The van der Waals surface area contributed by atoms with Crippen molar-refractivity contribution in [3.8, 4) is 5.19 Å². The monoisotopic (exact) mass is 271 g/mol. The van der Waals surface area contributed by atoms with Crippen molar-refractivity contribution in [2.24, 2.45) is 0 Å². The summed E-state index contributed by atoms with van der Waals surface area (Å²) < 4.78 is 5.77. The van der Waals surface area contributed by atoms with Crippen molar-refractivity contribution in [2.45, 2.75) is 65.5 Å². The van der Waals surface area contributed by atoms with Crippen LogP contribution in [0, 0.1) is 0 Å². The summed E-state index contributed by atoms with van der Waals surface area (Å²) in [5.41, 5.74) is 0. The molecule has 0 saturated carbocycles. The highest BCUT2D eigenvalue weighted by molar-refractivity contribution is 7.13. The van der Waals surface area contributed by atoms with Crippen LogP contribution in [0.4, 0.5) is 0 Å². The lowest BCUT2D eigenvalue weighted by Gasteiger charge is -2.10. The van der Waals surface area contributed by atoms with E-state index in [1.165, 1.54) is 37.0 Å². The van der Waals surface area contributed by atoms with Crippen LogP contribution in [-0.4, -0.2) is 22.8 Å². The van der Waals surface area contributed by atoms with Crippen molar-refractivity contribution in [3.05, 3.63) is 5.01 Å². The molecule has 18 heavy (non-hydrogen) atoms. The van der Waals surface area contributed by atoms with E-state index < -0.39 is 0 Å². The number of aromatic nitrogens is 2. The number of unbranched alkanes of at least 4 members (excludes halogenated alkanes) is 3. The Hall–Kier alpha value is -0.680. The van der Waals surface area contributed by atoms with Gasteiger partial charge in [-0.05, 0) is 26.3 Å². The maximum Gasteiger partial charge on any atom is 0.294 e. The molecule has 1 N–H and O–H groups in total. The molecule has 0 amide bonds. The lowest BCUT2D eigenvalue weighted by molar-refractivity contribution is 0.204. The van der Waals surface area contributed by atoms with E-state index in [9.17, 15) is 0 Å². The van der Waals surface area contributed by atoms with Crippen LogP contribution in [0.2, 0.25) is 0 Å². The zero-order chi connectivity index (χ0) is 13.2. The quantitative estimate of drug-likeness (QED) is 0.663. The van der Waals surface area contributed by atoms with Crippen molar-refractivity contribution in [1.82, 2.24) is 15.5 Å². The normalized spacial score (nSPS) is 12.6. The van der Waals surface area contributed by atoms with Crippen LogP contribution >= 0.6 is 11.3 Å². The van der Waals surface area contributed by atoms with Gasteiger partial charge in [-0.15, -0.1) is 5.10 Å². The molecule has 0 radical (unpaired) electrons. The van der Waals surface area contributed by atoms with E-state index in [4.69, 9.17) is 4.74 Å². The predicted octanol–water partition coefficient (Wildman–Crippen LogP) is 3.39. The van der Waals surface area contributed by atoms with Crippen LogP contribution in [-0.2, 0) is 6.54 Å². The Balaban J connectivity index is 2.22. The number of nitrogens with one attached hydrogen (secondary N) is 1. The standard InChI is InChI=1S/C13H25N3OS/c1-4-6-7-8-9-11(3)17-13-16-15-12(18-13)10-14-5-2/h11,14H,4-10H2,1-3H3. The molecule has 0 aliphatic heterocycles. The van der Waals surface area contributed by atoms with Gasteiger partial charge in [-0.25, -0.2) is 0 Å². The molecular weight excluding hydrogens is 246 g/mol. The molecule has 1 atom stereocenters. The number of hydrogen-bond acceptors (Lipinski definition) is 5. The zero-order valence-electron chi connectivity index (χ0n) is 11.7. The van der Waals surface area contributed by atoms with Crippen molar-refractivity contribution in [1.29, 1.82) is 0 Å². The van der Waals surface area contributed by atoms with Gasteiger partial charge in [0.05, 0.1) is 6.10 Å². The van der Waals surface area contributed by atoms with Crippen LogP contribution in [0.25, 0.3) is 0 Å². The van der Waals surface area contributed by atoms with Crippen molar-refractivity contribution >= 4 is 11.3 Å². The molecule has 0 fully saturated rings. The highest BCUT2D eigenvalue weighted by Gasteiger charge is 2.09. The number of hydrogen-bond donors (Lipinski definition) is 1. The summed E-state index contributed by atoms with van der Waals surface area (Å²) in [6.45, 7) is 8.15. The molecule has 1 heterocycles. The fraction of sp³-hybridized carbons (Fsp3) is 0.846. The summed E-state index contributed by atoms with van der Waals surface area (Å²) in [5, 5.41) is 13.1. The van der Waals surface area contributed by atoms with Crippen LogP contribution in [0.15, 0.2) is 0 Å². The van der Waals surface area contributed by atoms with Crippen molar-refractivity contribution in [2.75, 3.05) is 6.54 Å². The van der Waals surface area contributed by atoms with Gasteiger partial charge in [0.15, 0.2) is 0 Å². The Morgan fingerprint density at radius 1 is 1.22 bits per heavy atom. The molecule has 0 aromatic carbocycles. The minimum Gasteiger partial charge on any atom is -0.466 e. The topological polar surface area (TPSA) is 47.0 Å². The van der Waals surface area contributed by atoms with Gasteiger partial charge in [-0.2, -0.15) is 0 Å². The maximum absolute atomic E-state index is 5.77. The fourth-order valence-corrected chi connectivity index (χ4v) is 2.43. The molecule has 0 spiro atoms. The van der Waals surface area contributed by atoms with Gasteiger partial charge in [-0.3, -0.25) is 0 Å². The molecule has 0 aliphatic rings. The third-order valence-corrected chi connectivity index (χ3v) is 3.55. The van der Waals surface area contributed by atoms with Gasteiger partial charge in [0.25, 0.3) is 5.19 Å². The summed E-state index contributed by atoms with van der Waals surface area (Å²) in [4.78, 5) is 0. The minimum atomic E-state index is 0.238. The molecule has 0 aliphatic carbocycles. The predicted molar refractivity (Wildman–Crippen MR) is 76.1 cm³/mol. The third kappa shape index (κ3) is 6.31. The summed E-state index contributed by atoms with van der Waals surface area (Å²) in [6.07, 6.45) is 6.46. The molecule has 4 nitrogen and oxygen atoms in total. The Morgan fingerprint density at radius 2 is 2.06 bits per heavy atom. The largest absolute Gasteiger partial charge is 0.466 e. The van der Waals surface area contributed by atoms with Gasteiger partial charge in [0.1, 0.15) is 5.01 Å². The Kier molecular flexibility index (Phi) is 7.93. The highest BCUT2D eigenvalue weighted by atomic mass is 32.1. The van der Waals surface area contributed by atoms with E-state index in [2.05, 4.69) is 36.3 Å². The van der Waals surface area contributed by atoms with Gasteiger partial charge in [-0.1, -0.05) is 49.5 Å². The molecule has 1 unspecified atom stereocenters. The van der Waals surface area contributed by atoms with Gasteiger partial charge in [0, 0.05) is 6.54 Å². The average molecular weight is 271 g/mol. The van der Waals surface area contributed by atoms with Crippen molar-refractivity contribution < 1.29 is 4.74 Å². The van der Waals surface area contributed by atoms with E-state index in [1.54, 1.807) is 0 Å². The van der Waals surface area contributed by atoms with Crippen LogP contribution < -0.4 is 10.1 Å². The van der Waals surface area contributed by atoms with Gasteiger partial charge in [0.2, 0.25) is 0 Å². The fourth-order valence-electron chi connectivity index (χ4n) is 1.68. The molecular formula is C13H25N3OS. The second-order valence-electron chi connectivity index (χ2n) is 4.52. The highest BCUT2D eigenvalue weighted by Crippen LogP contribution is 2.20. The van der Waals surface area contributed by atoms with Crippen LogP contribution in [0.3, 0.4) is 0 Å². The maximum atomic E-state index is 5.77. The Morgan fingerprint density at radius 3 is 2.78 bits per heavy atom. The molecule has 1 rings (SSSR count). The lowest BCUT2D eigenvalue weighted by atomic mass is 10.1. The van der Waals surface area contributed by atoms with E-state index in [0.717, 1.165) is 24.5 Å². The van der Waals surface area contributed by atoms with E-state index in [1.807, 2.05) is 0 Å². The average Bonchev–Trinajstić information content (AvgIpc) is 2.80. The lowest BCUT2D eigenvalue weighted by Crippen LogP contribution is -2.11. The SMILES string of the molecule is CCCCCCC(C)Oc1nnc(CNCC)s1.